The van der Waals surface area contributed by atoms with Crippen molar-refractivity contribution in [3.63, 3.8) is 0 Å². The Hall–Kier alpha value is -1.95. The molecule has 0 aliphatic carbocycles. The maximum Gasteiger partial charge on any atom is 0.407 e. The van der Waals surface area contributed by atoms with E-state index in [1.54, 1.807) is 39.1 Å². The number of nitrogens with zero attached hydrogens (tertiary/aromatic N) is 1. The number of benzene rings is 1. The number of aromatic nitrogens is 1. The average Bonchev–Trinajstić information content (AvgIpc) is 2.89. The van der Waals surface area contributed by atoms with Crippen LogP contribution in [-0.4, -0.2) is 16.7 Å². The fourth-order valence-corrected chi connectivity index (χ4v) is 2.31. The molecule has 0 aliphatic rings. The summed E-state index contributed by atoms with van der Waals surface area (Å²) >= 11 is 1.45. The van der Waals surface area contributed by atoms with Gasteiger partial charge in [-0.05, 0) is 26.8 Å². The number of carbonyl (C=O) groups is 1. The molecule has 0 atom stereocenters. The number of carbonyl (C=O) groups excluding carboxylic acids is 1. The molecule has 2 aromatic rings. The largest absolute Gasteiger partial charge is 0.444 e. The molecule has 4 nitrogen and oxygen atoms in total. The SMILES string of the molecule is CC(C)(C)OC(=O)NCc1ccc(-c2nccs2)cc1F. The van der Waals surface area contributed by atoms with Gasteiger partial charge >= 0.3 is 6.09 Å². The minimum atomic E-state index is -0.572. The Bertz CT molecular complexity index is 621. The molecule has 0 saturated heterocycles. The van der Waals surface area contributed by atoms with Crippen LogP contribution in [0, 0.1) is 5.82 Å². The van der Waals surface area contributed by atoms with Crippen molar-refractivity contribution in [3.05, 3.63) is 41.2 Å². The number of hydrogen-bond acceptors (Lipinski definition) is 4. The third kappa shape index (κ3) is 4.53. The number of nitrogens with one attached hydrogen (secondary N) is 1. The molecule has 21 heavy (non-hydrogen) atoms. The molecule has 0 bridgehead atoms. The molecule has 1 N–H and O–H groups in total. The van der Waals surface area contributed by atoms with Crippen LogP contribution in [0.5, 0.6) is 0 Å². The van der Waals surface area contributed by atoms with E-state index in [-0.39, 0.29) is 12.4 Å². The van der Waals surface area contributed by atoms with Crippen molar-refractivity contribution < 1.29 is 13.9 Å². The van der Waals surface area contributed by atoms with Gasteiger partial charge in [-0.1, -0.05) is 12.1 Å². The number of amides is 1. The smallest absolute Gasteiger partial charge is 0.407 e. The minimum absolute atomic E-state index is 0.0822. The quantitative estimate of drug-likeness (QED) is 0.933. The van der Waals surface area contributed by atoms with Gasteiger partial charge in [-0.15, -0.1) is 11.3 Å². The average molecular weight is 308 g/mol. The molecule has 0 saturated carbocycles. The maximum absolute atomic E-state index is 14.0. The minimum Gasteiger partial charge on any atom is -0.444 e. The van der Waals surface area contributed by atoms with E-state index in [2.05, 4.69) is 10.3 Å². The number of halogens is 1. The van der Waals surface area contributed by atoms with Crippen molar-refractivity contribution in [2.45, 2.75) is 32.9 Å². The van der Waals surface area contributed by atoms with Crippen molar-refractivity contribution in [3.8, 4) is 10.6 Å². The van der Waals surface area contributed by atoms with Crippen LogP contribution in [-0.2, 0) is 11.3 Å². The molecule has 2 rings (SSSR count). The fourth-order valence-electron chi connectivity index (χ4n) is 1.67. The Morgan fingerprint density at radius 3 is 2.76 bits per heavy atom. The predicted molar refractivity (Wildman–Crippen MR) is 80.6 cm³/mol. The number of ether oxygens (including phenoxy) is 1. The number of hydrogen-bond donors (Lipinski definition) is 1. The van der Waals surface area contributed by atoms with E-state index < -0.39 is 11.7 Å². The van der Waals surface area contributed by atoms with Crippen molar-refractivity contribution in [1.82, 2.24) is 10.3 Å². The number of alkyl carbamates (subject to hydrolysis) is 1. The lowest BCUT2D eigenvalue weighted by atomic mass is 10.1. The molecular weight excluding hydrogens is 291 g/mol. The molecule has 0 fully saturated rings. The topological polar surface area (TPSA) is 51.2 Å². The van der Waals surface area contributed by atoms with Crippen LogP contribution in [0.25, 0.3) is 10.6 Å². The van der Waals surface area contributed by atoms with E-state index in [1.807, 2.05) is 5.38 Å². The summed E-state index contributed by atoms with van der Waals surface area (Å²) < 4.78 is 19.1. The number of rotatable bonds is 3. The van der Waals surface area contributed by atoms with Gasteiger partial charge in [0, 0.05) is 29.2 Å². The second-order valence-corrected chi connectivity index (χ2v) is 6.39. The van der Waals surface area contributed by atoms with Crippen LogP contribution in [0.15, 0.2) is 29.8 Å². The van der Waals surface area contributed by atoms with Gasteiger partial charge in [0.1, 0.15) is 16.4 Å². The highest BCUT2D eigenvalue weighted by molar-refractivity contribution is 7.13. The van der Waals surface area contributed by atoms with Crippen molar-refractivity contribution >= 4 is 17.4 Å². The van der Waals surface area contributed by atoms with Crippen molar-refractivity contribution in [2.24, 2.45) is 0 Å². The first kappa shape index (κ1) is 15.4. The lowest BCUT2D eigenvalue weighted by molar-refractivity contribution is 0.0523. The summed E-state index contributed by atoms with van der Waals surface area (Å²) in [6, 6.07) is 4.85. The molecule has 1 heterocycles. The second kappa shape index (κ2) is 6.22. The zero-order valence-corrected chi connectivity index (χ0v) is 13.0. The van der Waals surface area contributed by atoms with Crippen LogP contribution >= 0.6 is 11.3 Å². The summed E-state index contributed by atoms with van der Waals surface area (Å²) in [5.74, 6) is -0.376. The van der Waals surface area contributed by atoms with Crippen LogP contribution in [0.4, 0.5) is 9.18 Å². The van der Waals surface area contributed by atoms with Crippen molar-refractivity contribution in [2.75, 3.05) is 0 Å². The highest BCUT2D eigenvalue weighted by Crippen LogP contribution is 2.23. The monoisotopic (exact) mass is 308 g/mol. The van der Waals surface area contributed by atoms with Gasteiger partial charge in [0.05, 0.1) is 0 Å². The van der Waals surface area contributed by atoms with E-state index >= 15 is 0 Å². The standard InChI is InChI=1S/C15H17FN2O2S/c1-15(2,3)20-14(19)18-9-11-5-4-10(8-12(11)16)13-17-6-7-21-13/h4-8H,9H2,1-3H3,(H,18,19). The maximum atomic E-state index is 14.0. The summed E-state index contributed by atoms with van der Waals surface area (Å²) in [5.41, 5.74) is 0.557. The normalized spacial score (nSPS) is 11.2. The van der Waals surface area contributed by atoms with Gasteiger partial charge in [0.25, 0.3) is 0 Å². The Balaban J connectivity index is 2.00. The zero-order chi connectivity index (χ0) is 15.5. The van der Waals surface area contributed by atoms with Crippen LogP contribution in [0.3, 0.4) is 0 Å². The predicted octanol–water partition coefficient (Wildman–Crippen LogP) is 3.97. The molecule has 0 aliphatic heterocycles. The van der Waals surface area contributed by atoms with Crippen LogP contribution in [0.1, 0.15) is 26.3 Å². The molecule has 0 unspecified atom stereocenters. The molecule has 112 valence electrons. The molecular formula is C15H17FN2O2S. The fraction of sp³-hybridized carbons (Fsp3) is 0.333. The Morgan fingerprint density at radius 2 is 2.19 bits per heavy atom. The Labute approximate surface area is 127 Å². The molecule has 1 aromatic carbocycles. The molecule has 1 amide bonds. The van der Waals surface area contributed by atoms with Crippen LogP contribution < -0.4 is 5.32 Å². The van der Waals surface area contributed by atoms with Crippen molar-refractivity contribution in [1.29, 1.82) is 0 Å². The van der Waals surface area contributed by atoms with Gasteiger partial charge in [-0.2, -0.15) is 0 Å². The first-order valence-electron chi connectivity index (χ1n) is 6.50. The third-order valence-corrected chi connectivity index (χ3v) is 3.38. The summed E-state index contributed by atoms with van der Waals surface area (Å²) in [6.07, 6.45) is 1.11. The summed E-state index contributed by atoms with van der Waals surface area (Å²) in [7, 11) is 0. The Morgan fingerprint density at radius 1 is 1.43 bits per heavy atom. The van der Waals surface area contributed by atoms with Gasteiger partial charge < -0.3 is 10.1 Å². The molecule has 0 spiro atoms. The van der Waals surface area contributed by atoms with E-state index in [1.165, 1.54) is 17.4 Å². The number of thiazole rings is 1. The zero-order valence-electron chi connectivity index (χ0n) is 12.1. The van der Waals surface area contributed by atoms with E-state index in [9.17, 15) is 9.18 Å². The summed E-state index contributed by atoms with van der Waals surface area (Å²) in [4.78, 5) is 15.7. The third-order valence-electron chi connectivity index (χ3n) is 2.55. The lowest BCUT2D eigenvalue weighted by Gasteiger charge is -2.19. The Kier molecular flexibility index (Phi) is 4.57. The van der Waals surface area contributed by atoms with Crippen LogP contribution in [0.2, 0.25) is 0 Å². The summed E-state index contributed by atoms with van der Waals surface area (Å²) in [5, 5.41) is 5.14. The highest BCUT2D eigenvalue weighted by atomic mass is 32.1. The highest BCUT2D eigenvalue weighted by Gasteiger charge is 2.16. The van der Waals surface area contributed by atoms with Gasteiger partial charge in [-0.3, -0.25) is 0 Å². The van der Waals surface area contributed by atoms with E-state index in [0.29, 0.717) is 5.56 Å². The second-order valence-electron chi connectivity index (χ2n) is 5.50. The van der Waals surface area contributed by atoms with Gasteiger partial charge in [-0.25, -0.2) is 14.2 Å². The first-order valence-corrected chi connectivity index (χ1v) is 7.38. The van der Waals surface area contributed by atoms with Gasteiger partial charge in [0.15, 0.2) is 0 Å². The molecule has 6 heteroatoms. The summed E-state index contributed by atoms with van der Waals surface area (Å²) in [6.45, 7) is 5.40. The van der Waals surface area contributed by atoms with Gasteiger partial charge in [0.2, 0.25) is 0 Å². The molecule has 0 radical (unpaired) electrons. The van der Waals surface area contributed by atoms with E-state index in [4.69, 9.17) is 4.74 Å². The molecule has 1 aromatic heterocycles. The lowest BCUT2D eigenvalue weighted by Crippen LogP contribution is -2.32. The first-order chi connectivity index (χ1) is 9.85. The van der Waals surface area contributed by atoms with E-state index in [0.717, 1.165) is 10.6 Å².